The Hall–Kier alpha value is -18.7. The van der Waals surface area contributed by atoms with Crippen LogP contribution in [0.25, 0.3) is 237 Å². The molecular weight excluding hydrogens is 1710 g/mol. The Kier molecular flexibility index (Phi) is 22.4. The van der Waals surface area contributed by atoms with Crippen LogP contribution in [0.5, 0.6) is 0 Å². The van der Waals surface area contributed by atoms with E-state index < -0.39 is 0 Å². The van der Waals surface area contributed by atoms with Gasteiger partial charge in [0.25, 0.3) is 0 Å². The SMILES string of the molecule is c1ccc(-c2cc(-c3ccc4ccccc4c3)nc3c2ccc2c(-c4ccccc4)cc(-c4ccc5ccccc5c4)nc23)cc1.c1ccc(-c2ccc(N(c3ccc(-c4ccccc4)cc3)c3ccc4cc(-c5ccc6ccccc6c5)ccc4c3)cc2)cc1.c1ccc(-n2c3ccc(-c4ccc(-c5ccc6ccccc6c5)cc4)cc3c3cc(-c4ccc(-c5ccc6ccccc6c5)cc4)ccc32)cc1. The number of benzene rings is 24. The van der Waals surface area contributed by atoms with Crippen LogP contribution >= 0.6 is 0 Å². The molecule has 0 atom stereocenters. The minimum absolute atomic E-state index is 0.904. The van der Waals surface area contributed by atoms with E-state index in [4.69, 9.17) is 9.97 Å². The summed E-state index contributed by atoms with van der Waals surface area (Å²) in [6.45, 7) is 0. The summed E-state index contributed by atoms with van der Waals surface area (Å²) in [7, 11) is 0. The van der Waals surface area contributed by atoms with Crippen molar-refractivity contribution in [2.75, 3.05) is 4.90 Å². The highest BCUT2D eigenvalue weighted by atomic mass is 15.1. The number of aromatic nitrogens is 3. The van der Waals surface area contributed by atoms with E-state index in [0.29, 0.717) is 0 Å². The van der Waals surface area contributed by atoms with Crippen LogP contribution < -0.4 is 4.90 Å². The molecule has 4 nitrogen and oxygen atoms in total. The van der Waals surface area contributed by atoms with Crippen LogP contribution in [0.4, 0.5) is 17.1 Å². The van der Waals surface area contributed by atoms with Gasteiger partial charge >= 0.3 is 0 Å². The van der Waals surface area contributed by atoms with Crippen LogP contribution in [-0.2, 0) is 0 Å². The fourth-order valence-corrected chi connectivity index (χ4v) is 20.6. The van der Waals surface area contributed by atoms with Crippen molar-refractivity contribution in [2.24, 2.45) is 0 Å². The highest BCUT2D eigenvalue weighted by Gasteiger charge is 2.22. The maximum absolute atomic E-state index is 5.42. The fraction of sp³-hybridized carbons (Fsp3) is 0. The Bertz CT molecular complexity index is 8970. The zero-order valence-corrected chi connectivity index (χ0v) is 77.9. The third-order valence-electron chi connectivity index (χ3n) is 28.0. The van der Waals surface area contributed by atoms with Crippen LogP contribution in [0.1, 0.15) is 0 Å². The van der Waals surface area contributed by atoms with Crippen molar-refractivity contribution < 1.29 is 0 Å². The third kappa shape index (κ3) is 16.9. The van der Waals surface area contributed by atoms with E-state index in [0.717, 1.165) is 89.3 Å². The molecule has 0 radical (unpaired) electrons. The second-order valence-corrected chi connectivity index (χ2v) is 36.7. The number of hydrogen-bond acceptors (Lipinski definition) is 3. The van der Waals surface area contributed by atoms with Crippen molar-refractivity contribution >= 4 is 125 Å². The molecule has 4 heteroatoms. The molecule has 0 aliphatic heterocycles. The van der Waals surface area contributed by atoms with Gasteiger partial charge in [-0.3, -0.25) is 0 Å². The van der Waals surface area contributed by atoms with Crippen molar-refractivity contribution in [2.45, 2.75) is 0 Å². The van der Waals surface area contributed by atoms with Crippen molar-refractivity contribution in [3.63, 3.8) is 0 Å². The van der Waals surface area contributed by atoms with Gasteiger partial charge in [-0.25, -0.2) is 9.97 Å². The average Bonchev–Trinajstić information content (AvgIpc) is 1.38. The summed E-state index contributed by atoms with van der Waals surface area (Å²) in [5.74, 6) is 0. The normalized spacial score (nSPS) is 11.4. The zero-order valence-electron chi connectivity index (χ0n) is 77.9. The molecule has 3 aromatic heterocycles. The highest BCUT2D eigenvalue weighted by molar-refractivity contribution is 6.15. The molecule has 0 bridgehead atoms. The molecule has 27 rings (SSSR count). The van der Waals surface area contributed by atoms with Gasteiger partial charge in [-0.2, -0.15) is 0 Å². The number of hydrogen-bond donors (Lipinski definition) is 0. The second kappa shape index (κ2) is 37.4. The molecule has 0 saturated carbocycles. The minimum atomic E-state index is 0.904. The van der Waals surface area contributed by atoms with Crippen molar-refractivity contribution in [1.82, 2.24) is 14.5 Å². The Balaban J connectivity index is 0.000000112. The zero-order chi connectivity index (χ0) is 94.2. The standard InChI is InChI=1S/C50H33N.C44H28N2.C44H31N/c1-2-12-46(13-3-1)51-49-28-26-44(38-18-14-36(15-19-38)42-24-22-34-8-4-6-10-40(34)30-42)32-47(49)48-33-45(27-29-50(48)51)39-20-16-37(17-21-39)43-25-23-35-9-5-7-11-41(35)31-43;1-3-13-31(14-4-1)39-27-41(35-21-19-29-11-7-9-17-33(29)25-35)45-43-37(39)23-24-38-40(32-15-5-2-6-16-32)28-42(46-44(38)43)36-22-20-30-12-8-10-18-34(30)26-36;1-3-9-32(10-4-1)35-19-24-42(25-20-35)45(43-26-21-36(22-27-43)33-11-5-2-6-12-33)44-28-23-40-30-39(17-18-41(40)31-44)38-16-15-34-13-7-8-14-37(34)29-38/h1-33H;1-28H;1-31H. The Morgan fingerprint density at radius 3 is 0.718 bits per heavy atom. The van der Waals surface area contributed by atoms with E-state index in [-0.39, 0.29) is 0 Å². The largest absolute Gasteiger partial charge is 0.310 e. The molecule has 3 heterocycles. The summed E-state index contributed by atoms with van der Waals surface area (Å²) >= 11 is 0. The van der Waals surface area contributed by atoms with E-state index in [1.54, 1.807) is 0 Å². The van der Waals surface area contributed by atoms with Gasteiger partial charge in [-0.15, -0.1) is 0 Å². The van der Waals surface area contributed by atoms with E-state index >= 15 is 0 Å². The smallest absolute Gasteiger partial charge is 0.0978 e. The summed E-state index contributed by atoms with van der Waals surface area (Å²) in [5, 5.41) is 19.5. The quantitative estimate of drug-likeness (QED) is 0.0960. The van der Waals surface area contributed by atoms with Gasteiger partial charge in [-0.05, 0) is 286 Å². The van der Waals surface area contributed by atoms with E-state index in [1.165, 1.54) is 164 Å². The summed E-state index contributed by atoms with van der Waals surface area (Å²) < 4.78 is 2.39. The van der Waals surface area contributed by atoms with Crippen LogP contribution in [0.2, 0.25) is 0 Å². The molecular formula is C138H92N4. The third-order valence-corrected chi connectivity index (χ3v) is 28.0. The van der Waals surface area contributed by atoms with E-state index in [2.05, 4.69) is 568 Å². The van der Waals surface area contributed by atoms with Gasteiger partial charge in [0.05, 0.1) is 33.5 Å². The fourth-order valence-electron chi connectivity index (χ4n) is 20.6. The van der Waals surface area contributed by atoms with Gasteiger partial charge in [-0.1, -0.05) is 437 Å². The lowest BCUT2D eigenvalue weighted by Crippen LogP contribution is -2.09. The van der Waals surface area contributed by atoms with Crippen LogP contribution in [0.15, 0.2) is 558 Å². The first-order chi connectivity index (χ1) is 70.3. The van der Waals surface area contributed by atoms with Gasteiger partial charge in [0.15, 0.2) is 0 Å². The van der Waals surface area contributed by atoms with Gasteiger partial charge < -0.3 is 9.47 Å². The first-order valence-electron chi connectivity index (χ1n) is 48.7. The van der Waals surface area contributed by atoms with Crippen LogP contribution in [0, 0.1) is 0 Å². The Morgan fingerprint density at radius 1 is 0.141 bits per heavy atom. The average molecular weight is 1810 g/mol. The summed E-state index contributed by atoms with van der Waals surface area (Å²) in [4.78, 5) is 13.2. The second-order valence-electron chi connectivity index (χ2n) is 36.7. The first kappa shape index (κ1) is 85.0. The molecule has 0 fully saturated rings. The number of rotatable bonds is 15. The van der Waals surface area contributed by atoms with E-state index in [1.807, 2.05) is 0 Å². The molecule has 142 heavy (non-hydrogen) atoms. The lowest BCUT2D eigenvalue weighted by Gasteiger charge is -2.26. The molecule has 0 amide bonds. The molecule has 0 N–H and O–H groups in total. The first-order valence-corrected chi connectivity index (χ1v) is 48.7. The molecule has 24 aromatic carbocycles. The maximum atomic E-state index is 5.42. The Labute approximate surface area is 825 Å². The molecule has 0 aliphatic rings. The molecule has 0 spiro atoms. The summed E-state index contributed by atoms with van der Waals surface area (Å²) in [6, 6.07) is 201. The highest BCUT2D eigenvalue weighted by Crippen LogP contribution is 2.46. The minimum Gasteiger partial charge on any atom is -0.310 e. The molecule has 27 aromatic rings. The van der Waals surface area contributed by atoms with Gasteiger partial charge in [0.2, 0.25) is 0 Å². The lowest BCUT2D eigenvalue weighted by molar-refractivity contribution is 1.18. The van der Waals surface area contributed by atoms with Gasteiger partial charge in [0.1, 0.15) is 0 Å². The van der Waals surface area contributed by atoms with Crippen LogP contribution in [-0.4, -0.2) is 14.5 Å². The summed E-state index contributed by atoms with van der Waals surface area (Å²) in [5.41, 5.74) is 34.5. The maximum Gasteiger partial charge on any atom is 0.0978 e. The number of pyridine rings is 2. The number of fused-ring (bicyclic) bond motifs is 12. The number of anilines is 3. The topological polar surface area (TPSA) is 34.0 Å². The molecule has 0 saturated heterocycles. The predicted octanol–water partition coefficient (Wildman–Crippen LogP) is 38.0. The van der Waals surface area contributed by atoms with Gasteiger partial charge in [0, 0.05) is 55.4 Å². The Morgan fingerprint density at radius 2 is 0.366 bits per heavy atom. The van der Waals surface area contributed by atoms with Crippen LogP contribution in [0.3, 0.4) is 0 Å². The van der Waals surface area contributed by atoms with Crippen molar-refractivity contribution in [3.8, 4) is 128 Å². The predicted molar refractivity (Wildman–Crippen MR) is 604 cm³/mol. The monoisotopic (exact) mass is 1800 g/mol. The lowest BCUT2D eigenvalue weighted by atomic mass is 9.93. The van der Waals surface area contributed by atoms with Crippen molar-refractivity contribution in [3.05, 3.63) is 558 Å². The molecule has 0 aliphatic carbocycles. The molecule has 0 unspecified atom stereocenters. The van der Waals surface area contributed by atoms with Crippen molar-refractivity contribution in [1.29, 1.82) is 0 Å². The summed E-state index contributed by atoms with van der Waals surface area (Å²) in [6.07, 6.45) is 0. The van der Waals surface area contributed by atoms with E-state index in [9.17, 15) is 0 Å². The number of para-hydroxylation sites is 1. The molecule has 664 valence electrons. The number of nitrogens with zero attached hydrogens (tertiary/aromatic N) is 4.